The van der Waals surface area contributed by atoms with Gasteiger partial charge in [0.25, 0.3) is 0 Å². The number of alkyl halides is 3. The number of halogens is 3. The maximum atomic E-state index is 13.4. The fourth-order valence-corrected chi connectivity index (χ4v) is 4.31. The molecule has 0 aromatic heterocycles. The predicted molar refractivity (Wildman–Crippen MR) is 130 cm³/mol. The summed E-state index contributed by atoms with van der Waals surface area (Å²) in [5, 5.41) is 3.31. The first-order valence-corrected chi connectivity index (χ1v) is 11.8. The van der Waals surface area contributed by atoms with Crippen molar-refractivity contribution >= 4 is 11.6 Å². The van der Waals surface area contributed by atoms with Gasteiger partial charge in [0.05, 0.1) is 12.1 Å². The van der Waals surface area contributed by atoms with Crippen LogP contribution in [0.5, 0.6) is 0 Å². The minimum Gasteiger partial charge on any atom is -0.376 e. The van der Waals surface area contributed by atoms with Crippen molar-refractivity contribution in [3.63, 3.8) is 0 Å². The van der Waals surface area contributed by atoms with Crippen LogP contribution in [0.4, 0.5) is 18.9 Å². The summed E-state index contributed by atoms with van der Waals surface area (Å²) in [4.78, 5) is 19.1. The van der Waals surface area contributed by atoms with Gasteiger partial charge in [-0.25, -0.2) is 0 Å². The number of carbonyl (C=O) groups is 1. The van der Waals surface area contributed by atoms with Gasteiger partial charge in [0, 0.05) is 38.4 Å². The molecule has 2 aromatic carbocycles. The monoisotopic (exact) mass is 476 g/mol. The Balaban J connectivity index is 1.68. The third-order valence-electron chi connectivity index (χ3n) is 6.37. The van der Waals surface area contributed by atoms with Crippen LogP contribution in [0.1, 0.15) is 29.2 Å². The molecule has 1 aliphatic rings. The Hall–Kier alpha value is -2.58. The Kier molecular flexibility index (Phi) is 8.97. The first-order valence-electron chi connectivity index (χ1n) is 11.8. The summed E-state index contributed by atoms with van der Waals surface area (Å²) in [5.41, 5.74) is 3.06. The summed E-state index contributed by atoms with van der Waals surface area (Å²) >= 11 is 0. The van der Waals surface area contributed by atoms with E-state index < -0.39 is 11.7 Å². The molecule has 0 radical (unpaired) electrons. The van der Waals surface area contributed by atoms with E-state index in [9.17, 15) is 18.0 Å². The molecule has 0 bridgehead atoms. The van der Waals surface area contributed by atoms with Gasteiger partial charge in [-0.2, -0.15) is 13.2 Å². The van der Waals surface area contributed by atoms with Gasteiger partial charge in [-0.3, -0.25) is 9.69 Å². The van der Waals surface area contributed by atoms with Crippen molar-refractivity contribution in [1.82, 2.24) is 14.7 Å². The maximum Gasteiger partial charge on any atom is 0.416 e. The fourth-order valence-electron chi connectivity index (χ4n) is 4.31. The van der Waals surface area contributed by atoms with E-state index >= 15 is 0 Å². The third kappa shape index (κ3) is 6.96. The van der Waals surface area contributed by atoms with Gasteiger partial charge in [-0.15, -0.1) is 0 Å². The predicted octanol–water partition coefficient (Wildman–Crippen LogP) is 4.13. The molecule has 2 aromatic rings. The van der Waals surface area contributed by atoms with Crippen LogP contribution in [0.25, 0.3) is 0 Å². The third-order valence-corrected chi connectivity index (χ3v) is 6.37. The average molecular weight is 477 g/mol. The van der Waals surface area contributed by atoms with Crippen molar-refractivity contribution in [1.29, 1.82) is 0 Å². The highest BCUT2D eigenvalue weighted by Gasteiger charge is 2.33. The van der Waals surface area contributed by atoms with Gasteiger partial charge >= 0.3 is 6.18 Å². The second-order valence-corrected chi connectivity index (χ2v) is 9.00. The van der Waals surface area contributed by atoms with Crippen molar-refractivity contribution in [2.24, 2.45) is 0 Å². The summed E-state index contributed by atoms with van der Waals surface area (Å²) in [5.74, 6) is -0.118. The van der Waals surface area contributed by atoms with Crippen LogP contribution in [-0.2, 0) is 30.4 Å². The molecule has 1 heterocycles. The topological polar surface area (TPSA) is 38.8 Å². The van der Waals surface area contributed by atoms with Crippen LogP contribution in [0, 0.1) is 0 Å². The zero-order chi connectivity index (χ0) is 24.7. The number of nitrogens with zero attached hydrogens (tertiary/aromatic N) is 3. The van der Waals surface area contributed by atoms with E-state index in [2.05, 4.69) is 23.2 Å². The van der Waals surface area contributed by atoms with Crippen LogP contribution >= 0.6 is 0 Å². The van der Waals surface area contributed by atoms with Crippen molar-refractivity contribution in [3.05, 3.63) is 64.7 Å². The van der Waals surface area contributed by atoms with Crippen molar-refractivity contribution in [3.8, 4) is 0 Å². The normalized spacial score (nSPS) is 14.2. The smallest absolute Gasteiger partial charge is 0.376 e. The standard InChI is InChI=1S/C26H35F3N4O/c1-4-32-14-12-20-9-7-11-24(22(20)19-32)30-18-25(34)33(17-16-31(2)3)15-13-21-8-5-6-10-23(21)26(27,28)29/h5-11,30H,4,12-19H2,1-3H3. The Bertz CT molecular complexity index is 961. The fraction of sp³-hybridized carbons (Fsp3) is 0.500. The molecular formula is C26H35F3N4O. The molecule has 3 rings (SSSR count). The number of hydrogen-bond acceptors (Lipinski definition) is 4. The Morgan fingerprint density at radius 3 is 2.53 bits per heavy atom. The molecule has 0 saturated carbocycles. The molecule has 5 nitrogen and oxygen atoms in total. The summed E-state index contributed by atoms with van der Waals surface area (Å²) in [6, 6.07) is 11.7. The van der Waals surface area contributed by atoms with Crippen molar-refractivity contribution in [2.75, 3.05) is 58.7 Å². The van der Waals surface area contributed by atoms with Crippen LogP contribution in [0.2, 0.25) is 0 Å². The molecule has 0 spiro atoms. The maximum absolute atomic E-state index is 13.4. The number of anilines is 1. The number of hydrogen-bond donors (Lipinski definition) is 1. The minimum absolute atomic E-state index is 0.108. The van der Waals surface area contributed by atoms with Crippen LogP contribution in [-0.4, -0.2) is 74.0 Å². The first kappa shape index (κ1) is 26.0. The van der Waals surface area contributed by atoms with E-state index in [0.29, 0.717) is 13.1 Å². The lowest BCUT2D eigenvalue weighted by Crippen LogP contribution is -2.41. The van der Waals surface area contributed by atoms with E-state index in [0.717, 1.165) is 37.8 Å². The van der Waals surface area contributed by atoms with Crippen LogP contribution in [0.3, 0.4) is 0 Å². The summed E-state index contributed by atoms with van der Waals surface area (Å²) < 4.78 is 40.2. The summed E-state index contributed by atoms with van der Waals surface area (Å²) in [7, 11) is 3.82. The zero-order valence-electron chi connectivity index (χ0n) is 20.3. The number of nitrogens with one attached hydrogen (secondary N) is 1. The lowest BCUT2D eigenvalue weighted by atomic mass is 9.98. The van der Waals surface area contributed by atoms with Gasteiger partial charge in [0.15, 0.2) is 0 Å². The SMILES string of the molecule is CCN1CCc2cccc(NCC(=O)N(CCc3ccccc3C(F)(F)F)CCN(C)C)c2C1. The number of benzene rings is 2. The molecule has 0 saturated heterocycles. The second-order valence-electron chi connectivity index (χ2n) is 9.00. The number of likely N-dealkylation sites (N-methyl/N-ethyl adjacent to an activating group) is 2. The Labute approximate surface area is 200 Å². The van der Waals surface area contributed by atoms with Crippen molar-refractivity contribution < 1.29 is 18.0 Å². The lowest BCUT2D eigenvalue weighted by Gasteiger charge is -2.30. The first-order chi connectivity index (χ1) is 16.2. The van der Waals surface area contributed by atoms with Gasteiger partial charge in [0.1, 0.15) is 0 Å². The molecule has 34 heavy (non-hydrogen) atoms. The van der Waals surface area contributed by atoms with Gasteiger partial charge in [0.2, 0.25) is 5.91 Å². The van der Waals surface area contributed by atoms with E-state index in [1.807, 2.05) is 31.1 Å². The zero-order valence-corrected chi connectivity index (χ0v) is 20.3. The molecule has 1 N–H and O–H groups in total. The van der Waals surface area contributed by atoms with E-state index in [1.165, 1.54) is 23.3 Å². The number of amides is 1. The second kappa shape index (κ2) is 11.7. The molecule has 0 unspecified atom stereocenters. The Morgan fingerprint density at radius 2 is 1.82 bits per heavy atom. The molecule has 0 atom stereocenters. The molecule has 8 heteroatoms. The van der Waals surface area contributed by atoms with Crippen molar-refractivity contribution in [2.45, 2.75) is 32.5 Å². The molecule has 0 aliphatic carbocycles. The van der Waals surface area contributed by atoms with E-state index in [4.69, 9.17) is 0 Å². The highest BCUT2D eigenvalue weighted by molar-refractivity contribution is 5.81. The number of carbonyl (C=O) groups excluding carboxylic acids is 1. The minimum atomic E-state index is -4.41. The van der Waals surface area contributed by atoms with E-state index in [-0.39, 0.29) is 31.0 Å². The molecular weight excluding hydrogens is 441 g/mol. The average Bonchev–Trinajstić information content (AvgIpc) is 2.81. The van der Waals surface area contributed by atoms with E-state index in [1.54, 1.807) is 11.0 Å². The molecule has 186 valence electrons. The molecule has 0 fully saturated rings. The highest BCUT2D eigenvalue weighted by atomic mass is 19.4. The summed E-state index contributed by atoms with van der Waals surface area (Å²) in [6.07, 6.45) is -3.27. The molecule has 1 amide bonds. The van der Waals surface area contributed by atoms with Gasteiger partial charge in [-0.1, -0.05) is 37.3 Å². The number of rotatable bonds is 10. The molecule has 1 aliphatic heterocycles. The highest BCUT2D eigenvalue weighted by Crippen LogP contribution is 2.32. The van der Waals surface area contributed by atoms with Gasteiger partial charge < -0.3 is 15.1 Å². The Morgan fingerprint density at radius 1 is 1.06 bits per heavy atom. The number of fused-ring (bicyclic) bond motifs is 1. The quantitative estimate of drug-likeness (QED) is 0.560. The van der Waals surface area contributed by atoms with Gasteiger partial charge in [-0.05, 0) is 62.3 Å². The largest absolute Gasteiger partial charge is 0.416 e. The van der Waals surface area contributed by atoms with Crippen LogP contribution in [0.15, 0.2) is 42.5 Å². The lowest BCUT2D eigenvalue weighted by molar-refractivity contribution is -0.138. The summed E-state index contributed by atoms with van der Waals surface area (Å²) in [6.45, 7) is 6.44. The van der Waals surface area contributed by atoms with Crippen LogP contribution < -0.4 is 5.32 Å².